The van der Waals surface area contributed by atoms with Crippen LogP contribution in [-0.2, 0) is 0 Å². The Labute approximate surface area is 346 Å². The summed E-state index contributed by atoms with van der Waals surface area (Å²) in [5, 5.41) is 4.86. The Kier molecular flexibility index (Phi) is 7.78. The van der Waals surface area contributed by atoms with E-state index >= 15 is 0 Å². The number of para-hydroxylation sites is 2. The maximum absolute atomic E-state index is 5.33. The first-order valence-corrected chi connectivity index (χ1v) is 20.3. The Hall–Kier alpha value is -8.15. The number of aromatic nitrogens is 5. The van der Waals surface area contributed by atoms with Gasteiger partial charge in [0.05, 0.1) is 50.2 Å². The molecule has 0 saturated carbocycles. The van der Waals surface area contributed by atoms with Gasteiger partial charge in [0.25, 0.3) is 0 Å². The molecule has 0 radical (unpaired) electrons. The first-order chi connectivity index (χ1) is 29.7. The lowest BCUT2D eigenvalue weighted by atomic mass is 10.0. The summed E-state index contributed by atoms with van der Waals surface area (Å²) in [5.74, 6) is 0. The molecule has 0 saturated heterocycles. The molecule has 0 atom stereocenters. The van der Waals surface area contributed by atoms with Gasteiger partial charge in [-0.15, -0.1) is 0 Å². The van der Waals surface area contributed by atoms with Gasteiger partial charge >= 0.3 is 0 Å². The first kappa shape index (κ1) is 33.9. The zero-order valence-electron chi connectivity index (χ0n) is 32.4. The fraction of sp³-hybridized carbons (Fsp3) is 0. The van der Waals surface area contributed by atoms with Crippen molar-refractivity contribution in [1.29, 1.82) is 0 Å². The normalized spacial score (nSPS) is 11.7. The molecule has 4 aromatic heterocycles. The van der Waals surface area contributed by atoms with E-state index in [0.29, 0.717) is 0 Å². The molecule has 0 aliphatic carbocycles. The van der Waals surface area contributed by atoms with Crippen LogP contribution in [0.5, 0.6) is 0 Å². The van der Waals surface area contributed by atoms with E-state index in [9.17, 15) is 0 Å². The van der Waals surface area contributed by atoms with Crippen LogP contribution in [0.2, 0.25) is 0 Å². The van der Waals surface area contributed by atoms with Crippen LogP contribution in [-0.4, -0.2) is 24.1 Å². The predicted molar refractivity (Wildman–Crippen MR) is 248 cm³/mol. The van der Waals surface area contributed by atoms with Crippen molar-refractivity contribution in [2.45, 2.75) is 0 Å². The minimum Gasteiger partial charge on any atom is -0.309 e. The molecule has 0 bridgehead atoms. The van der Waals surface area contributed by atoms with Crippen LogP contribution in [0.15, 0.2) is 212 Å². The molecule has 0 fully saturated rings. The largest absolute Gasteiger partial charge is 0.309 e. The van der Waals surface area contributed by atoms with Crippen molar-refractivity contribution in [3.05, 3.63) is 212 Å². The maximum Gasteiger partial charge on any atom is 0.0973 e. The molecule has 4 heterocycles. The molecule has 0 spiro atoms. The Balaban J connectivity index is 1.00. The molecule has 280 valence electrons. The molecule has 0 aliphatic heterocycles. The average Bonchev–Trinajstić information content (AvgIpc) is 3.84. The summed E-state index contributed by atoms with van der Waals surface area (Å²) >= 11 is 0. The number of pyridine rings is 1. The fourth-order valence-electron chi connectivity index (χ4n) is 8.95. The summed E-state index contributed by atoms with van der Waals surface area (Å²) in [4.78, 5) is 15.1. The van der Waals surface area contributed by atoms with Crippen molar-refractivity contribution in [3.8, 4) is 56.3 Å². The standard InChI is InChI=1S/C55H35N5/c1-3-13-37(14-4-1)54-55(38-15-5-2-6-16-38)58-49-35-42(28-30-48(49)57-54)60-50-20-9-7-17-43(50)45-29-24-40(34-53(45)60)39-25-31-52-46(33-39)44-18-8-10-21-51(44)59(52)41-26-22-36(23-27-41)47-19-11-12-32-56-47/h1-35H. The average molecular weight is 766 g/mol. The van der Waals surface area contributed by atoms with Gasteiger partial charge in [0.15, 0.2) is 0 Å². The maximum atomic E-state index is 5.33. The van der Waals surface area contributed by atoms with E-state index in [2.05, 4.69) is 190 Å². The van der Waals surface area contributed by atoms with Gasteiger partial charge in [0, 0.05) is 55.8 Å². The van der Waals surface area contributed by atoms with Gasteiger partial charge in [-0.3, -0.25) is 4.98 Å². The van der Waals surface area contributed by atoms with Crippen LogP contribution in [0.3, 0.4) is 0 Å². The minimum atomic E-state index is 0.848. The van der Waals surface area contributed by atoms with Gasteiger partial charge in [-0.05, 0) is 83.9 Å². The monoisotopic (exact) mass is 765 g/mol. The molecule has 0 N–H and O–H groups in total. The van der Waals surface area contributed by atoms with E-state index in [1.54, 1.807) is 0 Å². The Morgan fingerprint density at radius 3 is 1.53 bits per heavy atom. The van der Waals surface area contributed by atoms with Crippen molar-refractivity contribution < 1.29 is 0 Å². The zero-order valence-corrected chi connectivity index (χ0v) is 32.4. The predicted octanol–water partition coefficient (Wildman–Crippen LogP) is 13.9. The lowest BCUT2D eigenvalue weighted by Gasteiger charge is -2.13. The van der Waals surface area contributed by atoms with Crippen molar-refractivity contribution >= 4 is 54.6 Å². The zero-order chi connectivity index (χ0) is 39.6. The SMILES string of the molecule is c1ccc(-c2nc3ccc(-n4c5ccccc5c5ccc(-c6ccc7c(c6)c6ccccc6n7-c6ccc(-c7ccccn7)cc6)cc54)cc3nc2-c2ccccc2)cc1. The Morgan fingerprint density at radius 2 is 0.833 bits per heavy atom. The van der Waals surface area contributed by atoms with Crippen molar-refractivity contribution in [1.82, 2.24) is 24.1 Å². The van der Waals surface area contributed by atoms with E-state index in [1.165, 1.54) is 38.1 Å². The lowest BCUT2D eigenvalue weighted by molar-refractivity contribution is 1.18. The van der Waals surface area contributed by atoms with Crippen LogP contribution < -0.4 is 0 Å². The van der Waals surface area contributed by atoms with Gasteiger partial charge in [-0.2, -0.15) is 0 Å². The first-order valence-electron chi connectivity index (χ1n) is 20.3. The summed E-state index contributed by atoms with van der Waals surface area (Å²) in [6.45, 7) is 0. The molecule has 5 nitrogen and oxygen atoms in total. The van der Waals surface area contributed by atoms with Gasteiger partial charge < -0.3 is 9.13 Å². The van der Waals surface area contributed by atoms with E-state index < -0.39 is 0 Å². The van der Waals surface area contributed by atoms with Crippen molar-refractivity contribution in [2.75, 3.05) is 0 Å². The molecule has 12 rings (SSSR count). The smallest absolute Gasteiger partial charge is 0.0973 e. The number of rotatable bonds is 6. The second kappa shape index (κ2) is 13.8. The molecule has 12 aromatic rings. The molecule has 0 aliphatic rings. The summed E-state index contributed by atoms with van der Waals surface area (Å²) < 4.78 is 4.74. The van der Waals surface area contributed by atoms with Crippen LogP contribution in [0.4, 0.5) is 0 Å². The van der Waals surface area contributed by atoms with Gasteiger partial charge in [-0.25, -0.2) is 9.97 Å². The van der Waals surface area contributed by atoms with E-state index in [0.717, 1.165) is 72.8 Å². The number of nitrogens with zero attached hydrogens (tertiary/aromatic N) is 5. The molecule has 5 heteroatoms. The van der Waals surface area contributed by atoms with Gasteiger partial charge in [-0.1, -0.05) is 133 Å². The van der Waals surface area contributed by atoms with E-state index in [1.807, 2.05) is 36.5 Å². The molecule has 0 amide bonds. The summed E-state index contributed by atoms with van der Waals surface area (Å²) in [5.41, 5.74) is 16.7. The lowest BCUT2D eigenvalue weighted by Crippen LogP contribution is -1.98. The minimum absolute atomic E-state index is 0.848. The number of fused-ring (bicyclic) bond motifs is 7. The topological polar surface area (TPSA) is 48.5 Å². The molecular weight excluding hydrogens is 731 g/mol. The third kappa shape index (κ3) is 5.52. The van der Waals surface area contributed by atoms with Crippen LogP contribution >= 0.6 is 0 Å². The van der Waals surface area contributed by atoms with Gasteiger partial charge in [0.1, 0.15) is 0 Å². The van der Waals surface area contributed by atoms with Gasteiger partial charge in [0.2, 0.25) is 0 Å². The highest BCUT2D eigenvalue weighted by atomic mass is 15.0. The third-order valence-corrected chi connectivity index (χ3v) is 11.8. The molecule has 60 heavy (non-hydrogen) atoms. The molecule has 0 unspecified atom stereocenters. The third-order valence-electron chi connectivity index (χ3n) is 11.8. The highest BCUT2D eigenvalue weighted by molar-refractivity contribution is 6.12. The second-order valence-electron chi connectivity index (χ2n) is 15.3. The summed E-state index contributed by atoms with van der Waals surface area (Å²) in [6.07, 6.45) is 1.84. The van der Waals surface area contributed by atoms with E-state index in [-0.39, 0.29) is 0 Å². The van der Waals surface area contributed by atoms with Crippen molar-refractivity contribution in [2.24, 2.45) is 0 Å². The summed E-state index contributed by atoms with van der Waals surface area (Å²) in [6, 6.07) is 73.1. The quantitative estimate of drug-likeness (QED) is 0.169. The number of hydrogen-bond donors (Lipinski definition) is 0. The van der Waals surface area contributed by atoms with E-state index in [4.69, 9.17) is 9.97 Å². The van der Waals surface area contributed by atoms with Crippen LogP contribution in [0.25, 0.3) is 111 Å². The Bertz CT molecular complexity index is 3570. The highest BCUT2D eigenvalue weighted by Crippen LogP contribution is 2.39. The Morgan fingerprint density at radius 1 is 0.300 bits per heavy atom. The molecule has 8 aromatic carbocycles. The highest BCUT2D eigenvalue weighted by Gasteiger charge is 2.18. The van der Waals surface area contributed by atoms with Crippen molar-refractivity contribution in [3.63, 3.8) is 0 Å². The fourth-order valence-corrected chi connectivity index (χ4v) is 8.95. The van der Waals surface area contributed by atoms with Crippen LogP contribution in [0.1, 0.15) is 0 Å². The molecular formula is C55H35N5. The number of benzene rings is 8. The summed E-state index contributed by atoms with van der Waals surface area (Å²) in [7, 11) is 0. The number of hydrogen-bond acceptors (Lipinski definition) is 3. The van der Waals surface area contributed by atoms with Crippen LogP contribution in [0, 0.1) is 0 Å². The second-order valence-corrected chi connectivity index (χ2v) is 15.3.